The highest BCUT2D eigenvalue weighted by molar-refractivity contribution is 5.73. The lowest BCUT2D eigenvalue weighted by molar-refractivity contribution is -0.384. The van der Waals surface area contributed by atoms with E-state index in [1.165, 1.54) is 25.3 Å². The molecule has 16 heavy (non-hydrogen) atoms. The number of nitro benzene ring substituents is 1. The number of benzene rings is 1. The van der Waals surface area contributed by atoms with Crippen LogP contribution in [0.2, 0.25) is 0 Å². The Bertz CT molecular complexity index is 418. The van der Waals surface area contributed by atoms with Crippen LogP contribution < -0.4 is 10.1 Å². The highest BCUT2D eigenvalue weighted by Crippen LogP contribution is 2.25. The molecule has 1 aromatic carbocycles. The molecule has 0 heterocycles. The molecule has 7 nitrogen and oxygen atoms in total. The number of rotatable bonds is 5. The van der Waals surface area contributed by atoms with Crippen LogP contribution in [0.25, 0.3) is 0 Å². The van der Waals surface area contributed by atoms with Crippen LogP contribution >= 0.6 is 0 Å². The second-order valence-electron chi connectivity index (χ2n) is 2.92. The SMILES string of the molecule is COc1cc(NCC(=O)O)cc([N+](=O)[O-])c1. The zero-order chi connectivity index (χ0) is 12.1. The summed E-state index contributed by atoms with van der Waals surface area (Å²) in [5, 5.41) is 21.5. The van der Waals surface area contributed by atoms with Crippen LogP contribution in [0.3, 0.4) is 0 Å². The van der Waals surface area contributed by atoms with E-state index in [-0.39, 0.29) is 12.2 Å². The monoisotopic (exact) mass is 226 g/mol. The number of nitrogens with zero attached hydrogens (tertiary/aromatic N) is 1. The van der Waals surface area contributed by atoms with Crippen molar-refractivity contribution in [1.29, 1.82) is 0 Å². The Morgan fingerprint density at radius 2 is 2.25 bits per heavy atom. The Hall–Kier alpha value is -2.31. The molecule has 1 rings (SSSR count). The van der Waals surface area contributed by atoms with Crippen molar-refractivity contribution in [2.45, 2.75) is 0 Å². The fraction of sp³-hybridized carbons (Fsp3) is 0.222. The fourth-order valence-corrected chi connectivity index (χ4v) is 1.09. The Balaban J connectivity index is 2.95. The van der Waals surface area contributed by atoms with E-state index in [2.05, 4.69) is 5.32 Å². The first-order valence-corrected chi connectivity index (χ1v) is 4.32. The largest absolute Gasteiger partial charge is 0.496 e. The molecule has 0 saturated carbocycles. The number of hydrogen-bond donors (Lipinski definition) is 2. The molecule has 2 N–H and O–H groups in total. The highest BCUT2D eigenvalue weighted by Gasteiger charge is 2.10. The van der Waals surface area contributed by atoms with E-state index in [9.17, 15) is 14.9 Å². The number of anilines is 1. The van der Waals surface area contributed by atoms with Gasteiger partial charge >= 0.3 is 5.97 Å². The van der Waals surface area contributed by atoms with Crippen molar-refractivity contribution in [2.24, 2.45) is 0 Å². The van der Waals surface area contributed by atoms with Gasteiger partial charge in [-0.05, 0) is 0 Å². The summed E-state index contributed by atoms with van der Waals surface area (Å²) in [4.78, 5) is 20.3. The predicted molar refractivity (Wildman–Crippen MR) is 55.8 cm³/mol. The molecule has 0 fully saturated rings. The third kappa shape index (κ3) is 3.12. The van der Waals surface area contributed by atoms with Crippen LogP contribution in [-0.4, -0.2) is 29.7 Å². The van der Waals surface area contributed by atoms with Crippen LogP contribution in [0, 0.1) is 10.1 Å². The molecule has 0 spiro atoms. The molecule has 0 amide bonds. The molecule has 7 heteroatoms. The van der Waals surface area contributed by atoms with E-state index in [0.717, 1.165) is 0 Å². The molecule has 0 saturated heterocycles. The van der Waals surface area contributed by atoms with Gasteiger partial charge in [-0.25, -0.2) is 0 Å². The summed E-state index contributed by atoms with van der Waals surface area (Å²) in [5.74, 6) is -0.757. The molecular formula is C9H10N2O5. The summed E-state index contributed by atoms with van der Waals surface area (Å²) >= 11 is 0. The number of carboxylic acids is 1. The molecular weight excluding hydrogens is 216 g/mol. The molecule has 0 aliphatic heterocycles. The van der Waals surface area contributed by atoms with E-state index in [4.69, 9.17) is 9.84 Å². The normalized spacial score (nSPS) is 9.56. The van der Waals surface area contributed by atoms with Gasteiger partial charge in [-0.3, -0.25) is 14.9 Å². The third-order valence-electron chi connectivity index (χ3n) is 1.78. The van der Waals surface area contributed by atoms with Crippen LogP contribution in [0.4, 0.5) is 11.4 Å². The Labute approximate surface area is 90.8 Å². The summed E-state index contributed by atoms with van der Waals surface area (Å²) in [6.07, 6.45) is 0. The number of hydrogen-bond acceptors (Lipinski definition) is 5. The van der Waals surface area contributed by atoms with Gasteiger partial charge in [0.05, 0.1) is 18.1 Å². The van der Waals surface area contributed by atoms with Crippen LogP contribution in [0.1, 0.15) is 0 Å². The number of aliphatic carboxylic acids is 1. The molecule has 0 atom stereocenters. The quantitative estimate of drug-likeness (QED) is 0.575. The highest BCUT2D eigenvalue weighted by atomic mass is 16.6. The van der Waals surface area contributed by atoms with Crippen molar-refractivity contribution < 1.29 is 19.6 Å². The summed E-state index contributed by atoms with van der Waals surface area (Å²) in [5.41, 5.74) is 0.167. The van der Waals surface area contributed by atoms with Gasteiger partial charge in [0.25, 0.3) is 5.69 Å². The van der Waals surface area contributed by atoms with Crippen molar-refractivity contribution >= 4 is 17.3 Å². The fourth-order valence-electron chi connectivity index (χ4n) is 1.09. The van der Waals surface area contributed by atoms with E-state index < -0.39 is 10.9 Å². The van der Waals surface area contributed by atoms with Gasteiger partial charge in [-0.2, -0.15) is 0 Å². The Kier molecular flexibility index (Phi) is 3.65. The van der Waals surface area contributed by atoms with E-state index in [1.807, 2.05) is 0 Å². The lowest BCUT2D eigenvalue weighted by atomic mass is 10.2. The van der Waals surface area contributed by atoms with Gasteiger partial charge in [0.2, 0.25) is 0 Å². The topological polar surface area (TPSA) is 102 Å². The molecule has 1 aromatic rings. The summed E-state index contributed by atoms with van der Waals surface area (Å²) < 4.78 is 4.86. The number of carbonyl (C=O) groups is 1. The summed E-state index contributed by atoms with van der Waals surface area (Å²) in [7, 11) is 1.38. The number of methoxy groups -OCH3 is 1. The molecule has 0 aliphatic rings. The van der Waals surface area contributed by atoms with Gasteiger partial charge < -0.3 is 15.2 Å². The van der Waals surface area contributed by atoms with Crippen molar-refractivity contribution in [3.05, 3.63) is 28.3 Å². The summed E-state index contributed by atoms with van der Waals surface area (Å²) in [6.45, 7) is -0.315. The van der Waals surface area contributed by atoms with Crippen LogP contribution in [0.15, 0.2) is 18.2 Å². The number of nitro groups is 1. The first-order chi connectivity index (χ1) is 7.52. The van der Waals surface area contributed by atoms with Gasteiger partial charge in [-0.15, -0.1) is 0 Å². The van der Waals surface area contributed by atoms with Gasteiger partial charge in [0.15, 0.2) is 0 Å². The minimum Gasteiger partial charge on any atom is -0.496 e. The zero-order valence-corrected chi connectivity index (χ0v) is 8.47. The van der Waals surface area contributed by atoms with E-state index >= 15 is 0 Å². The molecule has 0 aliphatic carbocycles. The Morgan fingerprint density at radius 3 is 2.75 bits per heavy atom. The van der Waals surface area contributed by atoms with Crippen molar-refractivity contribution in [3.63, 3.8) is 0 Å². The standard InChI is InChI=1S/C9H10N2O5/c1-16-8-3-6(10-5-9(12)13)2-7(4-8)11(14)15/h2-4,10H,5H2,1H3,(H,12,13). The molecule has 0 unspecified atom stereocenters. The van der Waals surface area contributed by atoms with Crippen molar-refractivity contribution in [1.82, 2.24) is 0 Å². The van der Waals surface area contributed by atoms with E-state index in [0.29, 0.717) is 11.4 Å². The van der Waals surface area contributed by atoms with Crippen molar-refractivity contribution in [2.75, 3.05) is 19.0 Å². The first-order valence-electron chi connectivity index (χ1n) is 4.32. The minimum absolute atomic E-state index is 0.160. The average Bonchev–Trinajstić information content (AvgIpc) is 2.25. The zero-order valence-electron chi connectivity index (χ0n) is 8.47. The molecule has 0 bridgehead atoms. The van der Waals surface area contributed by atoms with E-state index in [1.54, 1.807) is 0 Å². The lowest BCUT2D eigenvalue weighted by Crippen LogP contribution is -2.12. The third-order valence-corrected chi connectivity index (χ3v) is 1.78. The lowest BCUT2D eigenvalue weighted by Gasteiger charge is -2.06. The average molecular weight is 226 g/mol. The summed E-state index contributed by atoms with van der Waals surface area (Å²) in [6, 6.07) is 3.98. The smallest absolute Gasteiger partial charge is 0.322 e. The van der Waals surface area contributed by atoms with Gasteiger partial charge in [-0.1, -0.05) is 0 Å². The predicted octanol–water partition coefficient (Wildman–Crippen LogP) is 1.10. The number of nitrogens with one attached hydrogen (secondary N) is 1. The number of non-ortho nitro benzene ring substituents is 1. The maximum absolute atomic E-state index is 10.6. The molecule has 86 valence electrons. The second kappa shape index (κ2) is 4.96. The van der Waals surface area contributed by atoms with Crippen LogP contribution in [0.5, 0.6) is 5.75 Å². The van der Waals surface area contributed by atoms with Crippen molar-refractivity contribution in [3.8, 4) is 5.75 Å². The second-order valence-corrected chi connectivity index (χ2v) is 2.92. The first kappa shape index (κ1) is 11.8. The van der Waals surface area contributed by atoms with Gasteiger partial charge in [0.1, 0.15) is 12.3 Å². The number of ether oxygens (including phenoxy) is 1. The maximum atomic E-state index is 10.6. The number of carboxylic acid groups (broad SMARTS) is 1. The van der Waals surface area contributed by atoms with Gasteiger partial charge in [0, 0.05) is 17.8 Å². The maximum Gasteiger partial charge on any atom is 0.322 e. The van der Waals surface area contributed by atoms with Crippen LogP contribution in [-0.2, 0) is 4.79 Å². The molecule has 0 aromatic heterocycles. The Morgan fingerprint density at radius 1 is 1.56 bits per heavy atom. The minimum atomic E-state index is -1.05. The molecule has 0 radical (unpaired) electrons.